The second-order valence-electron chi connectivity index (χ2n) is 16.1. The highest BCUT2D eigenvalue weighted by Crippen LogP contribution is 2.46. The van der Waals surface area contributed by atoms with Crippen LogP contribution in [-0.4, -0.2) is 0 Å². The van der Waals surface area contributed by atoms with Crippen LogP contribution in [0.4, 0.5) is 17.1 Å². The molecule has 0 amide bonds. The van der Waals surface area contributed by atoms with Crippen molar-refractivity contribution in [2.75, 3.05) is 4.90 Å². The van der Waals surface area contributed by atoms with Crippen LogP contribution in [0.1, 0.15) is 0 Å². The van der Waals surface area contributed by atoms with Gasteiger partial charge in [-0.2, -0.15) is 0 Å². The highest BCUT2D eigenvalue weighted by molar-refractivity contribution is 5.98. The number of rotatable bonds is 9. The summed E-state index contributed by atoms with van der Waals surface area (Å²) in [7, 11) is 0. The number of benzene rings is 11. The lowest BCUT2D eigenvalue weighted by Crippen LogP contribution is -2.11. The molecule has 296 valence electrons. The minimum atomic E-state index is 1.09. The number of anilines is 3. The Hall–Kier alpha value is -8.26. The topological polar surface area (TPSA) is 3.24 Å². The van der Waals surface area contributed by atoms with Crippen molar-refractivity contribution < 1.29 is 0 Å². The Morgan fingerprint density at radius 1 is 0.190 bits per heavy atom. The third-order valence-corrected chi connectivity index (χ3v) is 12.3. The first kappa shape index (κ1) is 37.7. The van der Waals surface area contributed by atoms with Crippen molar-refractivity contribution in [3.05, 3.63) is 261 Å². The SMILES string of the molecule is c1ccc(-c2ccc(-c3ccccc3-c3ccccc3-c3ccccc3N(c3ccc(-c4ccc5ccccc5c4)cc3)c3ccc(-c4ccc5ccccc5c4)cc3)cc2)cc1. The number of para-hydroxylation sites is 1. The molecule has 11 aromatic rings. The van der Waals surface area contributed by atoms with Gasteiger partial charge in [-0.1, -0.05) is 218 Å². The van der Waals surface area contributed by atoms with Crippen molar-refractivity contribution in [3.8, 4) is 66.8 Å². The van der Waals surface area contributed by atoms with Gasteiger partial charge in [0.25, 0.3) is 0 Å². The van der Waals surface area contributed by atoms with Crippen LogP contribution in [0.5, 0.6) is 0 Å². The zero-order valence-electron chi connectivity index (χ0n) is 34.8. The van der Waals surface area contributed by atoms with Crippen LogP contribution in [0.3, 0.4) is 0 Å². The van der Waals surface area contributed by atoms with Gasteiger partial charge in [-0.25, -0.2) is 0 Å². The molecule has 11 aromatic carbocycles. The first-order valence-electron chi connectivity index (χ1n) is 21.7. The van der Waals surface area contributed by atoms with Crippen molar-refractivity contribution >= 4 is 38.6 Å². The molecule has 0 bridgehead atoms. The van der Waals surface area contributed by atoms with E-state index >= 15 is 0 Å². The highest BCUT2D eigenvalue weighted by Gasteiger charge is 2.20. The summed E-state index contributed by atoms with van der Waals surface area (Å²) in [5.74, 6) is 0. The molecular formula is C62H43N. The normalized spacial score (nSPS) is 11.2. The predicted molar refractivity (Wildman–Crippen MR) is 269 cm³/mol. The van der Waals surface area contributed by atoms with E-state index in [1.54, 1.807) is 0 Å². The van der Waals surface area contributed by atoms with E-state index in [4.69, 9.17) is 0 Å². The molecule has 11 rings (SSSR count). The average molecular weight is 802 g/mol. The molecule has 0 saturated heterocycles. The van der Waals surface area contributed by atoms with E-state index in [0.717, 1.165) is 22.6 Å². The van der Waals surface area contributed by atoms with E-state index in [0.29, 0.717) is 0 Å². The summed E-state index contributed by atoms with van der Waals surface area (Å²) in [5, 5.41) is 4.98. The molecule has 0 aliphatic carbocycles. The van der Waals surface area contributed by atoms with Crippen molar-refractivity contribution in [2.24, 2.45) is 0 Å². The minimum absolute atomic E-state index is 1.09. The highest BCUT2D eigenvalue weighted by atomic mass is 15.1. The Morgan fingerprint density at radius 2 is 0.524 bits per heavy atom. The van der Waals surface area contributed by atoms with Gasteiger partial charge in [-0.15, -0.1) is 0 Å². The van der Waals surface area contributed by atoms with Crippen LogP contribution in [0, 0.1) is 0 Å². The van der Waals surface area contributed by atoms with E-state index in [1.165, 1.54) is 82.7 Å². The van der Waals surface area contributed by atoms with Gasteiger partial charge in [0.2, 0.25) is 0 Å². The summed E-state index contributed by atoms with van der Waals surface area (Å²) < 4.78 is 0. The van der Waals surface area contributed by atoms with Gasteiger partial charge in [0.05, 0.1) is 5.69 Å². The lowest BCUT2D eigenvalue weighted by molar-refractivity contribution is 1.28. The van der Waals surface area contributed by atoms with Crippen LogP contribution in [0.2, 0.25) is 0 Å². The largest absolute Gasteiger partial charge is 0.310 e. The molecule has 0 radical (unpaired) electrons. The van der Waals surface area contributed by atoms with Gasteiger partial charge >= 0.3 is 0 Å². The molecule has 0 aliphatic rings. The van der Waals surface area contributed by atoms with Gasteiger partial charge in [-0.3, -0.25) is 0 Å². The molecular weight excluding hydrogens is 759 g/mol. The molecule has 0 N–H and O–H groups in total. The maximum atomic E-state index is 2.41. The standard InChI is InChI=1S/C62H43N/c1-2-14-44(15-3-1)47-26-30-50(31-27-47)57-20-8-9-21-58(57)59-22-10-11-23-60(59)61-24-12-13-25-62(61)63(55-38-34-48(35-39-55)53-32-28-45-16-4-6-18-51(45)42-53)56-40-36-49(37-41-56)54-33-29-46-17-5-7-19-52(46)43-54/h1-43H. The minimum Gasteiger partial charge on any atom is -0.310 e. The lowest BCUT2D eigenvalue weighted by Gasteiger charge is -2.29. The number of hydrogen-bond donors (Lipinski definition) is 0. The molecule has 0 spiro atoms. The molecule has 0 aliphatic heterocycles. The van der Waals surface area contributed by atoms with Crippen LogP contribution in [0.15, 0.2) is 261 Å². The molecule has 0 aromatic heterocycles. The fourth-order valence-electron chi connectivity index (χ4n) is 9.06. The average Bonchev–Trinajstić information content (AvgIpc) is 3.37. The van der Waals surface area contributed by atoms with Gasteiger partial charge < -0.3 is 4.90 Å². The van der Waals surface area contributed by atoms with E-state index in [-0.39, 0.29) is 0 Å². The Morgan fingerprint density at radius 3 is 1.06 bits per heavy atom. The smallest absolute Gasteiger partial charge is 0.0540 e. The van der Waals surface area contributed by atoms with Crippen LogP contribution >= 0.6 is 0 Å². The van der Waals surface area contributed by atoms with E-state index < -0.39 is 0 Å². The summed E-state index contributed by atoms with van der Waals surface area (Å²) in [6.07, 6.45) is 0. The van der Waals surface area contributed by atoms with Gasteiger partial charge in [0.1, 0.15) is 0 Å². The Kier molecular flexibility index (Phi) is 9.97. The summed E-state index contributed by atoms with van der Waals surface area (Å²) in [4.78, 5) is 2.41. The molecule has 0 unspecified atom stereocenters. The van der Waals surface area contributed by atoms with Crippen molar-refractivity contribution in [2.45, 2.75) is 0 Å². The Balaban J connectivity index is 1.02. The van der Waals surface area contributed by atoms with E-state index in [9.17, 15) is 0 Å². The first-order valence-corrected chi connectivity index (χ1v) is 21.7. The fraction of sp³-hybridized carbons (Fsp3) is 0. The van der Waals surface area contributed by atoms with E-state index in [2.05, 4.69) is 266 Å². The quantitative estimate of drug-likeness (QED) is 0.141. The molecule has 1 nitrogen and oxygen atoms in total. The second-order valence-corrected chi connectivity index (χ2v) is 16.1. The van der Waals surface area contributed by atoms with Gasteiger partial charge in [-0.05, 0) is 125 Å². The number of hydrogen-bond acceptors (Lipinski definition) is 1. The Labute approximate surface area is 369 Å². The van der Waals surface area contributed by atoms with E-state index in [1.807, 2.05) is 0 Å². The number of nitrogens with zero attached hydrogens (tertiary/aromatic N) is 1. The predicted octanol–water partition coefficient (Wildman–Crippen LogP) is 17.5. The maximum Gasteiger partial charge on any atom is 0.0540 e. The van der Waals surface area contributed by atoms with Crippen molar-refractivity contribution in [1.82, 2.24) is 0 Å². The third kappa shape index (κ3) is 7.47. The third-order valence-electron chi connectivity index (χ3n) is 12.3. The maximum absolute atomic E-state index is 2.41. The van der Waals surface area contributed by atoms with Crippen LogP contribution in [0.25, 0.3) is 88.3 Å². The zero-order chi connectivity index (χ0) is 42.0. The summed E-state index contributed by atoms with van der Waals surface area (Å²) >= 11 is 0. The van der Waals surface area contributed by atoms with Gasteiger partial charge in [0.15, 0.2) is 0 Å². The van der Waals surface area contributed by atoms with Crippen molar-refractivity contribution in [3.63, 3.8) is 0 Å². The molecule has 0 fully saturated rings. The van der Waals surface area contributed by atoms with Gasteiger partial charge in [0, 0.05) is 16.9 Å². The van der Waals surface area contributed by atoms with Crippen LogP contribution < -0.4 is 4.90 Å². The van der Waals surface area contributed by atoms with Crippen molar-refractivity contribution in [1.29, 1.82) is 0 Å². The number of fused-ring (bicyclic) bond motifs is 2. The summed E-state index contributed by atoms with van der Waals surface area (Å²) in [6, 6.07) is 94.7. The molecule has 0 heterocycles. The monoisotopic (exact) mass is 801 g/mol. The summed E-state index contributed by atoms with van der Waals surface area (Å²) in [5.41, 5.74) is 17.6. The fourth-order valence-corrected chi connectivity index (χ4v) is 9.06. The lowest BCUT2D eigenvalue weighted by atomic mass is 9.88. The zero-order valence-corrected chi connectivity index (χ0v) is 34.8. The molecule has 63 heavy (non-hydrogen) atoms. The molecule has 1 heteroatoms. The molecule has 0 atom stereocenters. The second kappa shape index (κ2) is 16.7. The molecule has 0 saturated carbocycles. The summed E-state index contributed by atoms with van der Waals surface area (Å²) in [6.45, 7) is 0. The Bertz CT molecular complexity index is 3240. The van der Waals surface area contributed by atoms with Crippen LogP contribution in [-0.2, 0) is 0 Å². The first-order chi connectivity index (χ1) is 31.2.